The Morgan fingerprint density at radius 3 is 2.10 bits per heavy atom. The molecule has 1 aliphatic rings. The highest BCUT2D eigenvalue weighted by atomic mass is 16.7. The lowest BCUT2D eigenvalue weighted by atomic mass is 9.80. The van der Waals surface area contributed by atoms with Crippen molar-refractivity contribution in [2.75, 3.05) is 6.54 Å². The summed E-state index contributed by atoms with van der Waals surface area (Å²) in [5.74, 6) is -0.853. The third-order valence-corrected chi connectivity index (χ3v) is 6.00. The summed E-state index contributed by atoms with van der Waals surface area (Å²) in [4.78, 5) is 33.2. The fraction of sp³-hybridized carbons (Fsp3) is 0.652. The molecule has 0 bridgehead atoms. The number of carboxylic acids is 1. The molecule has 29 heavy (non-hydrogen) atoms. The maximum absolute atomic E-state index is 13.6. The van der Waals surface area contributed by atoms with Gasteiger partial charge in [-0.2, -0.15) is 5.06 Å². The highest BCUT2D eigenvalue weighted by Gasteiger charge is 2.57. The van der Waals surface area contributed by atoms with Crippen molar-refractivity contribution in [3.05, 3.63) is 35.4 Å². The molecule has 0 aromatic heterocycles. The van der Waals surface area contributed by atoms with Gasteiger partial charge in [-0.1, -0.05) is 26.0 Å². The molecule has 0 radical (unpaired) electrons. The average molecular weight is 405 g/mol. The van der Waals surface area contributed by atoms with Crippen LogP contribution in [0.1, 0.15) is 90.3 Å². The summed E-state index contributed by atoms with van der Waals surface area (Å²) in [5, 5.41) is 11.0. The van der Waals surface area contributed by atoms with Crippen molar-refractivity contribution in [3.63, 3.8) is 0 Å². The number of rotatable bonds is 6. The van der Waals surface area contributed by atoms with Gasteiger partial charge in [0.2, 0.25) is 5.91 Å². The van der Waals surface area contributed by atoms with Gasteiger partial charge in [-0.15, -0.1) is 0 Å². The van der Waals surface area contributed by atoms with Gasteiger partial charge >= 0.3 is 5.97 Å². The van der Waals surface area contributed by atoms with E-state index < -0.39 is 11.5 Å². The van der Waals surface area contributed by atoms with Crippen LogP contribution in [0.5, 0.6) is 0 Å². The number of nitrogens with zero attached hydrogens (tertiary/aromatic N) is 2. The van der Waals surface area contributed by atoms with Crippen LogP contribution in [0.25, 0.3) is 0 Å². The standard InChI is InChI=1S/C23H36N2O4/c1-9-23(10-2)20(28)24(21(4,5)6)15-22(7,8)25(23)29-16(3)17-11-13-18(14-12-17)19(26)27/h11-14,16H,9-10,15H2,1-8H3,(H,26,27). The van der Waals surface area contributed by atoms with Crippen LogP contribution in [-0.2, 0) is 9.63 Å². The molecule has 1 unspecified atom stereocenters. The number of hydrogen-bond acceptors (Lipinski definition) is 4. The van der Waals surface area contributed by atoms with E-state index in [2.05, 4.69) is 34.6 Å². The number of hydroxylamine groups is 2. The number of aromatic carboxylic acids is 1. The van der Waals surface area contributed by atoms with Crippen LogP contribution >= 0.6 is 0 Å². The zero-order chi connectivity index (χ0) is 22.2. The molecule has 6 heteroatoms. The third kappa shape index (κ3) is 4.33. The molecule has 1 heterocycles. The van der Waals surface area contributed by atoms with Crippen molar-refractivity contribution < 1.29 is 19.5 Å². The largest absolute Gasteiger partial charge is 0.478 e. The van der Waals surface area contributed by atoms with E-state index in [1.165, 1.54) is 0 Å². The first-order chi connectivity index (χ1) is 13.3. The number of piperazine rings is 1. The Morgan fingerprint density at radius 2 is 1.69 bits per heavy atom. The Balaban J connectivity index is 2.40. The summed E-state index contributed by atoms with van der Waals surface area (Å²) >= 11 is 0. The molecule has 0 aliphatic carbocycles. The smallest absolute Gasteiger partial charge is 0.335 e. The van der Waals surface area contributed by atoms with Crippen LogP contribution in [0.2, 0.25) is 0 Å². The third-order valence-electron chi connectivity index (χ3n) is 6.00. The van der Waals surface area contributed by atoms with E-state index in [1.54, 1.807) is 24.3 Å². The van der Waals surface area contributed by atoms with E-state index in [0.29, 0.717) is 19.4 Å². The molecule has 162 valence electrons. The molecule has 0 saturated carbocycles. The lowest BCUT2D eigenvalue weighted by Gasteiger charge is -2.59. The Hall–Kier alpha value is -1.92. The van der Waals surface area contributed by atoms with Crippen LogP contribution in [0.4, 0.5) is 0 Å². The Kier molecular flexibility index (Phi) is 6.50. The molecular weight excluding hydrogens is 368 g/mol. The van der Waals surface area contributed by atoms with Crippen molar-refractivity contribution in [1.82, 2.24) is 9.96 Å². The van der Waals surface area contributed by atoms with Crippen molar-refractivity contribution in [1.29, 1.82) is 0 Å². The molecule has 1 atom stereocenters. The van der Waals surface area contributed by atoms with Crippen LogP contribution in [0.3, 0.4) is 0 Å². The van der Waals surface area contributed by atoms with E-state index in [4.69, 9.17) is 9.94 Å². The predicted molar refractivity (Wildman–Crippen MR) is 114 cm³/mol. The minimum atomic E-state index is -0.953. The summed E-state index contributed by atoms with van der Waals surface area (Å²) in [6.45, 7) is 17.0. The van der Waals surface area contributed by atoms with Gasteiger partial charge in [-0.05, 0) is 72.1 Å². The van der Waals surface area contributed by atoms with Crippen molar-refractivity contribution in [3.8, 4) is 0 Å². The molecule has 1 aliphatic heterocycles. The van der Waals surface area contributed by atoms with Gasteiger partial charge in [0.25, 0.3) is 0 Å². The number of hydrogen-bond donors (Lipinski definition) is 1. The summed E-state index contributed by atoms with van der Waals surface area (Å²) in [6.07, 6.45) is 0.968. The molecule has 1 fully saturated rings. The van der Waals surface area contributed by atoms with E-state index >= 15 is 0 Å². The molecular formula is C23H36N2O4. The fourth-order valence-electron chi connectivity index (χ4n) is 4.18. The van der Waals surface area contributed by atoms with Crippen molar-refractivity contribution in [2.45, 2.75) is 91.0 Å². The van der Waals surface area contributed by atoms with Crippen molar-refractivity contribution >= 4 is 11.9 Å². The van der Waals surface area contributed by atoms with Crippen LogP contribution in [0, 0.1) is 0 Å². The van der Waals surface area contributed by atoms with Gasteiger partial charge < -0.3 is 10.0 Å². The number of carbonyl (C=O) groups excluding carboxylic acids is 1. The second-order valence-corrected chi connectivity index (χ2v) is 9.58. The van der Waals surface area contributed by atoms with Crippen LogP contribution in [-0.4, -0.2) is 50.1 Å². The zero-order valence-electron chi connectivity index (χ0n) is 19.1. The molecule has 1 aromatic rings. The van der Waals surface area contributed by atoms with Gasteiger partial charge in [0, 0.05) is 12.1 Å². The summed E-state index contributed by atoms with van der Waals surface area (Å²) in [5.41, 5.74) is -0.287. The van der Waals surface area contributed by atoms with Crippen LogP contribution < -0.4 is 0 Å². The first-order valence-electron chi connectivity index (χ1n) is 10.4. The maximum Gasteiger partial charge on any atom is 0.335 e. The van der Waals surface area contributed by atoms with E-state index in [-0.39, 0.29) is 28.7 Å². The molecule has 1 amide bonds. The quantitative estimate of drug-likeness (QED) is 0.747. The Bertz CT molecular complexity index is 745. The Morgan fingerprint density at radius 1 is 1.17 bits per heavy atom. The van der Waals surface area contributed by atoms with Crippen molar-refractivity contribution in [2.24, 2.45) is 0 Å². The highest BCUT2D eigenvalue weighted by Crippen LogP contribution is 2.42. The normalized spacial score (nSPS) is 20.6. The summed E-state index contributed by atoms with van der Waals surface area (Å²) in [7, 11) is 0. The first-order valence-corrected chi connectivity index (χ1v) is 10.4. The summed E-state index contributed by atoms with van der Waals surface area (Å²) in [6, 6.07) is 6.71. The SMILES string of the molecule is CCC1(CC)C(=O)N(C(C)(C)C)CC(C)(C)N1OC(C)c1ccc(C(=O)O)cc1. The van der Waals surface area contributed by atoms with Gasteiger partial charge in [0.1, 0.15) is 11.6 Å². The average Bonchev–Trinajstić information content (AvgIpc) is 2.64. The minimum absolute atomic E-state index is 0.0998. The highest BCUT2D eigenvalue weighted by molar-refractivity contribution is 5.88. The van der Waals surface area contributed by atoms with Gasteiger partial charge in [0.15, 0.2) is 0 Å². The number of carboxylic acid groups (broad SMARTS) is 1. The van der Waals surface area contributed by atoms with E-state index in [0.717, 1.165) is 5.56 Å². The molecule has 1 saturated heterocycles. The Labute approximate surface area is 174 Å². The second kappa shape index (κ2) is 8.07. The maximum atomic E-state index is 13.6. The zero-order valence-corrected chi connectivity index (χ0v) is 19.1. The minimum Gasteiger partial charge on any atom is -0.478 e. The number of amides is 1. The molecule has 1 N–H and O–H groups in total. The first kappa shape index (κ1) is 23.4. The van der Waals surface area contributed by atoms with Gasteiger partial charge in [0.05, 0.1) is 11.1 Å². The number of carbonyl (C=O) groups is 2. The summed E-state index contributed by atoms with van der Waals surface area (Å²) < 4.78 is 0. The van der Waals surface area contributed by atoms with E-state index in [9.17, 15) is 9.59 Å². The molecule has 2 rings (SSSR count). The van der Waals surface area contributed by atoms with Crippen LogP contribution in [0.15, 0.2) is 24.3 Å². The lowest BCUT2D eigenvalue weighted by molar-refractivity contribution is -0.311. The molecule has 1 aromatic carbocycles. The van der Waals surface area contributed by atoms with Gasteiger partial charge in [-0.25, -0.2) is 4.79 Å². The molecule has 6 nitrogen and oxygen atoms in total. The topological polar surface area (TPSA) is 70.1 Å². The number of benzene rings is 1. The van der Waals surface area contributed by atoms with Gasteiger partial charge in [-0.3, -0.25) is 9.63 Å². The fourth-order valence-corrected chi connectivity index (χ4v) is 4.18. The predicted octanol–water partition coefficient (Wildman–Crippen LogP) is 4.66. The van der Waals surface area contributed by atoms with E-state index in [1.807, 2.05) is 30.7 Å². The lowest BCUT2D eigenvalue weighted by Crippen LogP contribution is -2.75. The monoisotopic (exact) mass is 404 g/mol. The second-order valence-electron chi connectivity index (χ2n) is 9.58. The molecule has 0 spiro atoms.